The number of nitrogens with zero attached hydrogens (tertiary/aromatic N) is 2. The fourth-order valence-electron chi connectivity index (χ4n) is 3.02. The zero-order chi connectivity index (χ0) is 13.3. The van der Waals surface area contributed by atoms with E-state index in [1.165, 1.54) is 6.20 Å². The standard InChI is InChI=1S/C14H21FN2O/c1-14(2,3)17-12(9-18)4-5-13(17)10-6-11(15)8-16-7-10/h6-8,12-13,18H,4-5,9H2,1-3H3. The molecule has 2 atom stereocenters. The van der Waals surface area contributed by atoms with Crippen LogP contribution >= 0.6 is 0 Å². The Morgan fingerprint density at radius 1 is 1.39 bits per heavy atom. The predicted octanol–water partition coefficient (Wildman–Crippen LogP) is 2.52. The first-order valence-corrected chi connectivity index (χ1v) is 6.43. The maximum Gasteiger partial charge on any atom is 0.141 e. The Balaban J connectivity index is 2.32. The molecule has 2 rings (SSSR count). The zero-order valence-electron chi connectivity index (χ0n) is 11.2. The van der Waals surface area contributed by atoms with E-state index < -0.39 is 0 Å². The van der Waals surface area contributed by atoms with Crippen LogP contribution in [0.1, 0.15) is 45.2 Å². The van der Waals surface area contributed by atoms with E-state index in [2.05, 4.69) is 30.7 Å². The Bertz CT molecular complexity index is 417. The first-order valence-electron chi connectivity index (χ1n) is 6.43. The largest absolute Gasteiger partial charge is 0.395 e. The van der Waals surface area contributed by atoms with Crippen LogP contribution in [0, 0.1) is 5.82 Å². The molecule has 0 saturated carbocycles. The smallest absolute Gasteiger partial charge is 0.141 e. The summed E-state index contributed by atoms with van der Waals surface area (Å²) in [6, 6.07) is 1.85. The molecule has 1 aliphatic heterocycles. The molecular formula is C14H21FN2O. The summed E-state index contributed by atoms with van der Waals surface area (Å²) < 4.78 is 13.3. The highest BCUT2D eigenvalue weighted by atomic mass is 19.1. The van der Waals surface area contributed by atoms with Crippen LogP contribution in [0.15, 0.2) is 18.5 Å². The summed E-state index contributed by atoms with van der Waals surface area (Å²) in [5.41, 5.74) is 0.849. The van der Waals surface area contributed by atoms with Gasteiger partial charge in [0, 0.05) is 23.8 Å². The van der Waals surface area contributed by atoms with Crippen LogP contribution in [0.5, 0.6) is 0 Å². The van der Waals surface area contributed by atoms with Crippen molar-refractivity contribution in [1.82, 2.24) is 9.88 Å². The zero-order valence-corrected chi connectivity index (χ0v) is 11.2. The van der Waals surface area contributed by atoms with E-state index in [0.29, 0.717) is 0 Å². The quantitative estimate of drug-likeness (QED) is 0.878. The van der Waals surface area contributed by atoms with E-state index in [1.54, 1.807) is 12.3 Å². The van der Waals surface area contributed by atoms with Crippen molar-refractivity contribution in [3.05, 3.63) is 29.8 Å². The van der Waals surface area contributed by atoms with Crippen LogP contribution in [0.25, 0.3) is 0 Å². The molecule has 1 saturated heterocycles. The number of halogens is 1. The van der Waals surface area contributed by atoms with Gasteiger partial charge in [0.25, 0.3) is 0 Å². The van der Waals surface area contributed by atoms with Gasteiger partial charge in [0.15, 0.2) is 0 Å². The third-order valence-corrected chi connectivity index (χ3v) is 3.60. The third kappa shape index (κ3) is 2.54. The van der Waals surface area contributed by atoms with Gasteiger partial charge in [-0.15, -0.1) is 0 Å². The van der Waals surface area contributed by atoms with Crippen LogP contribution in [0.3, 0.4) is 0 Å². The molecule has 0 amide bonds. The van der Waals surface area contributed by atoms with Crippen LogP contribution in [0.4, 0.5) is 4.39 Å². The van der Waals surface area contributed by atoms with Gasteiger partial charge < -0.3 is 5.11 Å². The fraction of sp³-hybridized carbons (Fsp3) is 0.643. The first kappa shape index (κ1) is 13.4. The van der Waals surface area contributed by atoms with Crippen LogP contribution in [-0.2, 0) is 0 Å². The van der Waals surface area contributed by atoms with Crippen LogP contribution in [0.2, 0.25) is 0 Å². The molecule has 2 heterocycles. The SMILES string of the molecule is CC(C)(C)N1C(CO)CCC1c1cncc(F)c1. The van der Waals surface area contributed by atoms with E-state index >= 15 is 0 Å². The van der Waals surface area contributed by atoms with Crippen molar-refractivity contribution in [1.29, 1.82) is 0 Å². The minimum absolute atomic E-state index is 0.0547. The highest BCUT2D eigenvalue weighted by Gasteiger charge is 2.40. The monoisotopic (exact) mass is 252 g/mol. The molecular weight excluding hydrogens is 231 g/mol. The molecule has 1 aromatic rings. The summed E-state index contributed by atoms with van der Waals surface area (Å²) in [7, 11) is 0. The minimum Gasteiger partial charge on any atom is -0.395 e. The Hall–Kier alpha value is -1.00. The molecule has 18 heavy (non-hydrogen) atoms. The number of pyridine rings is 1. The Morgan fingerprint density at radius 3 is 2.67 bits per heavy atom. The lowest BCUT2D eigenvalue weighted by molar-refractivity contribution is 0.0456. The van der Waals surface area contributed by atoms with Gasteiger partial charge in [0.05, 0.1) is 12.8 Å². The van der Waals surface area contributed by atoms with E-state index in [1.807, 2.05) is 0 Å². The second-order valence-electron chi connectivity index (χ2n) is 5.94. The van der Waals surface area contributed by atoms with Crippen molar-refractivity contribution < 1.29 is 9.50 Å². The molecule has 1 aromatic heterocycles. The Kier molecular flexibility index (Phi) is 3.69. The van der Waals surface area contributed by atoms with Gasteiger partial charge in [-0.25, -0.2) is 4.39 Å². The lowest BCUT2D eigenvalue weighted by atomic mass is 10.00. The van der Waals surface area contributed by atoms with Gasteiger partial charge in [0.1, 0.15) is 5.82 Å². The van der Waals surface area contributed by atoms with E-state index in [-0.39, 0.29) is 30.0 Å². The average molecular weight is 252 g/mol. The average Bonchev–Trinajstić information content (AvgIpc) is 2.72. The summed E-state index contributed by atoms with van der Waals surface area (Å²) in [4.78, 5) is 6.21. The number of rotatable bonds is 2. The highest BCUT2D eigenvalue weighted by molar-refractivity contribution is 5.18. The molecule has 4 heteroatoms. The molecule has 1 N–H and O–H groups in total. The summed E-state index contributed by atoms with van der Waals surface area (Å²) in [5, 5.41) is 9.49. The molecule has 0 aromatic carbocycles. The van der Waals surface area contributed by atoms with Crippen LogP contribution < -0.4 is 0 Å². The summed E-state index contributed by atoms with van der Waals surface area (Å²) in [6.07, 6.45) is 4.83. The van der Waals surface area contributed by atoms with Gasteiger partial charge in [-0.3, -0.25) is 9.88 Å². The van der Waals surface area contributed by atoms with Crippen molar-refractivity contribution in [2.45, 2.75) is 51.2 Å². The lowest BCUT2D eigenvalue weighted by Crippen LogP contribution is -2.47. The van der Waals surface area contributed by atoms with Gasteiger partial charge in [-0.05, 0) is 45.2 Å². The van der Waals surface area contributed by atoms with Crippen molar-refractivity contribution in [2.75, 3.05) is 6.61 Å². The molecule has 0 aliphatic carbocycles. The maximum absolute atomic E-state index is 13.3. The topological polar surface area (TPSA) is 36.4 Å². The minimum atomic E-state index is -0.297. The van der Waals surface area contributed by atoms with Crippen molar-refractivity contribution in [3.8, 4) is 0 Å². The normalized spacial score (nSPS) is 25.6. The number of aliphatic hydroxyl groups is 1. The summed E-state index contributed by atoms with van der Waals surface area (Å²) in [6.45, 7) is 6.53. The molecule has 1 aliphatic rings. The summed E-state index contributed by atoms with van der Waals surface area (Å²) >= 11 is 0. The summed E-state index contributed by atoms with van der Waals surface area (Å²) in [5.74, 6) is -0.297. The second-order valence-corrected chi connectivity index (χ2v) is 5.94. The predicted molar refractivity (Wildman–Crippen MR) is 68.6 cm³/mol. The van der Waals surface area contributed by atoms with E-state index in [9.17, 15) is 9.50 Å². The van der Waals surface area contributed by atoms with Crippen molar-refractivity contribution in [3.63, 3.8) is 0 Å². The van der Waals surface area contributed by atoms with Gasteiger partial charge in [-0.2, -0.15) is 0 Å². The van der Waals surface area contributed by atoms with Crippen molar-refractivity contribution >= 4 is 0 Å². The van der Waals surface area contributed by atoms with Gasteiger partial charge in [-0.1, -0.05) is 0 Å². The molecule has 0 spiro atoms. The second kappa shape index (κ2) is 4.94. The number of hydrogen-bond acceptors (Lipinski definition) is 3. The maximum atomic E-state index is 13.3. The number of likely N-dealkylation sites (tertiary alicyclic amines) is 1. The Morgan fingerprint density at radius 2 is 2.11 bits per heavy atom. The Labute approximate surface area is 108 Å². The molecule has 3 nitrogen and oxygen atoms in total. The number of aromatic nitrogens is 1. The molecule has 0 bridgehead atoms. The molecule has 0 radical (unpaired) electrons. The lowest BCUT2D eigenvalue weighted by Gasteiger charge is -2.40. The first-order chi connectivity index (χ1) is 8.43. The van der Waals surface area contributed by atoms with E-state index in [0.717, 1.165) is 18.4 Å². The molecule has 100 valence electrons. The van der Waals surface area contributed by atoms with E-state index in [4.69, 9.17) is 0 Å². The fourth-order valence-corrected chi connectivity index (χ4v) is 3.02. The van der Waals surface area contributed by atoms with Gasteiger partial charge in [0.2, 0.25) is 0 Å². The van der Waals surface area contributed by atoms with Crippen LogP contribution in [-0.4, -0.2) is 33.2 Å². The number of hydrogen-bond donors (Lipinski definition) is 1. The molecule has 2 unspecified atom stereocenters. The number of aliphatic hydroxyl groups excluding tert-OH is 1. The molecule has 1 fully saturated rings. The highest BCUT2D eigenvalue weighted by Crippen LogP contribution is 2.40. The third-order valence-electron chi connectivity index (χ3n) is 3.60. The van der Waals surface area contributed by atoms with Gasteiger partial charge >= 0.3 is 0 Å². The van der Waals surface area contributed by atoms with Crippen molar-refractivity contribution in [2.24, 2.45) is 0 Å².